The monoisotopic (exact) mass is 188 g/mol. The van der Waals surface area contributed by atoms with E-state index in [0.29, 0.717) is 0 Å². The maximum absolute atomic E-state index is 9.15. The van der Waals surface area contributed by atoms with Crippen LogP contribution in [0.5, 0.6) is 0 Å². The van der Waals surface area contributed by atoms with E-state index >= 15 is 0 Å². The van der Waals surface area contributed by atoms with E-state index in [4.69, 9.17) is 14.9 Å². The lowest BCUT2D eigenvalue weighted by atomic mass is 9.80. The summed E-state index contributed by atoms with van der Waals surface area (Å²) in [6.07, 6.45) is 1.73. The first kappa shape index (κ1) is 11.0. The van der Waals surface area contributed by atoms with E-state index in [2.05, 4.69) is 0 Å². The average molecular weight is 188 g/mol. The van der Waals surface area contributed by atoms with Crippen molar-refractivity contribution in [2.75, 3.05) is 13.2 Å². The summed E-state index contributed by atoms with van der Waals surface area (Å²) < 4.78 is 5.80. The van der Waals surface area contributed by atoms with Gasteiger partial charge in [-0.25, -0.2) is 0 Å². The Balaban J connectivity index is 2.69. The molecular formula is C10H20O3. The molecule has 0 aromatic rings. The first-order valence-electron chi connectivity index (χ1n) is 4.85. The minimum Gasteiger partial charge on any atom is -0.396 e. The molecule has 1 aliphatic heterocycles. The molecule has 1 saturated heterocycles. The van der Waals surface area contributed by atoms with Crippen LogP contribution in [0.15, 0.2) is 0 Å². The first-order chi connectivity index (χ1) is 5.93. The molecule has 1 aliphatic rings. The van der Waals surface area contributed by atoms with Crippen molar-refractivity contribution in [3.05, 3.63) is 0 Å². The smallest absolute Gasteiger partial charge is 0.0891 e. The fourth-order valence-corrected chi connectivity index (χ4v) is 2.02. The maximum Gasteiger partial charge on any atom is 0.0891 e. The minimum atomic E-state index is -0.421. The Hall–Kier alpha value is -0.120. The van der Waals surface area contributed by atoms with E-state index in [1.165, 1.54) is 0 Å². The van der Waals surface area contributed by atoms with Gasteiger partial charge in [0.1, 0.15) is 0 Å². The average Bonchev–Trinajstić information content (AvgIpc) is 2.03. The highest BCUT2D eigenvalue weighted by molar-refractivity contribution is 4.91. The fraction of sp³-hybridized carbons (Fsp3) is 1.00. The zero-order valence-corrected chi connectivity index (χ0v) is 8.71. The summed E-state index contributed by atoms with van der Waals surface area (Å²) in [6.45, 7) is 6.08. The summed E-state index contributed by atoms with van der Waals surface area (Å²) in [5.41, 5.74) is -0.750. The van der Waals surface area contributed by atoms with Crippen molar-refractivity contribution in [3.63, 3.8) is 0 Å². The van der Waals surface area contributed by atoms with Crippen LogP contribution in [0.1, 0.15) is 33.6 Å². The Labute approximate surface area is 79.7 Å². The van der Waals surface area contributed by atoms with Gasteiger partial charge in [-0.15, -0.1) is 0 Å². The van der Waals surface area contributed by atoms with Gasteiger partial charge in [-0.2, -0.15) is 0 Å². The van der Waals surface area contributed by atoms with Gasteiger partial charge in [0.15, 0.2) is 0 Å². The number of hydrogen-bond donors (Lipinski definition) is 2. The van der Waals surface area contributed by atoms with Crippen LogP contribution < -0.4 is 0 Å². The molecule has 0 radical (unpaired) electrons. The van der Waals surface area contributed by atoms with Gasteiger partial charge in [-0.3, -0.25) is 0 Å². The van der Waals surface area contributed by atoms with E-state index in [-0.39, 0.29) is 24.7 Å². The number of aliphatic hydroxyl groups is 2. The summed E-state index contributed by atoms with van der Waals surface area (Å²) in [5.74, 6) is 0.187. The minimum absolute atomic E-state index is 0.0502. The third-order valence-corrected chi connectivity index (χ3v) is 3.07. The van der Waals surface area contributed by atoms with Crippen molar-refractivity contribution in [1.29, 1.82) is 0 Å². The maximum atomic E-state index is 9.15. The van der Waals surface area contributed by atoms with Crippen LogP contribution in [-0.2, 0) is 4.74 Å². The normalized spacial score (nSPS) is 39.0. The molecule has 13 heavy (non-hydrogen) atoms. The molecule has 0 saturated carbocycles. The molecular weight excluding hydrogens is 168 g/mol. The summed E-state index contributed by atoms with van der Waals surface area (Å²) in [5, 5.41) is 18.3. The van der Waals surface area contributed by atoms with Crippen LogP contribution in [-0.4, -0.2) is 34.6 Å². The second-order valence-corrected chi connectivity index (χ2v) is 4.73. The molecule has 1 fully saturated rings. The molecule has 2 atom stereocenters. The molecule has 0 aromatic carbocycles. The van der Waals surface area contributed by atoms with Crippen molar-refractivity contribution in [2.24, 2.45) is 5.92 Å². The fourth-order valence-electron chi connectivity index (χ4n) is 2.02. The Morgan fingerprint density at radius 1 is 1.31 bits per heavy atom. The van der Waals surface area contributed by atoms with Crippen molar-refractivity contribution in [2.45, 2.75) is 44.8 Å². The highest BCUT2D eigenvalue weighted by Gasteiger charge is 2.42. The number of aliphatic hydroxyl groups excluding tert-OH is 2. The molecule has 78 valence electrons. The number of rotatable bonds is 2. The predicted octanol–water partition coefficient (Wildman–Crippen LogP) is 0.935. The summed E-state index contributed by atoms with van der Waals surface area (Å²) >= 11 is 0. The lowest BCUT2D eigenvalue weighted by molar-refractivity contribution is -0.212. The van der Waals surface area contributed by atoms with Crippen molar-refractivity contribution in [1.82, 2.24) is 0 Å². The van der Waals surface area contributed by atoms with Crippen LogP contribution in [0.4, 0.5) is 0 Å². The lowest BCUT2D eigenvalue weighted by Gasteiger charge is -2.47. The highest BCUT2D eigenvalue weighted by atomic mass is 16.5. The van der Waals surface area contributed by atoms with Gasteiger partial charge in [-0.05, 0) is 33.6 Å². The van der Waals surface area contributed by atoms with E-state index in [9.17, 15) is 0 Å². The van der Waals surface area contributed by atoms with Crippen LogP contribution in [0.3, 0.4) is 0 Å². The molecule has 3 nitrogen and oxygen atoms in total. The molecule has 0 aliphatic carbocycles. The quantitative estimate of drug-likeness (QED) is 0.678. The van der Waals surface area contributed by atoms with Gasteiger partial charge < -0.3 is 14.9 Å². The van der Waals surface area contributed by atoms with Crippen molar-refractivity contribution in [3.8, 4) is 0 Å². The van der Waals surface area contributed by atoms with Gasteiger partial charge in [0.25, 0.3) is 0 Å². The van der Waals surface area contributed by atoms with Crippen LogP contribution >= 0.6 is 0 Å². The zero-order chi connectivity index (χ0) is 10.1. The molecule has 0 spiro atoms. The van der Waals surface area contributed by atoms with E-state index in [0.717, 1.165) is 12.8 Å². The van der Waals surface area contributed by atoms with Crippen LogP contribution in [0, 0.1) is 5.92 Å². The zero-order valence-electron chi connectivity index (χ0n) is 8.71. The van der Waals surface area contributed by atoms with Gasteiger partial charge in [0.05, 0.1) is 17.8 Å². The van der Waals surface area contributed by atoms with Gasteiger partial charge in [0, 0.05) is 12.5 Å². The molecule has 1 rings (SSSR count). The Kier molecular flexibility index (Phi) is 3.00. The summed E-state index contributed by atoms with van der Waals surface area (Å²) in [7, 11) is 0. The third-order valence-electron chi connectivity index (χ3n) is 3.07. The summed E-state index contributed by atoms with van der Waals surface area (Å²) in [4.78, 5) is 0. The van der Waals surface area contributed by atoms with Gasteiger partial charge in [-0.1, -0.05) is 0 Å². The highest BCUT2D eigenvalue weighted by Crippen LogP contribution is 2.38. The topological polar surface area (TPSA) is 49.7 Å². The SMILES string of the molecule is CC1(CO)CCC(CO)C(C)(C)O1. The standard InChI is InChI=1S/C10H20O3/c1-9(2)8(6-11)4-5-10(3,7-12)13-9/h8,11-12H,4-7H2,1-3H3. The Morgan fingerprint density at radius 2 is 1.92 bits per heavy atom. The molecule has 1 heterocycles. The molecule has 0 aromatic heterocycles. The largest absolute Gasteiger partial charge is 0.396 e. The molecule has 2 unspecified atom stereocenters. The number of hydrogen-bond acceptors (Lipinski definition) is 3. The molecule has 0 bridgehead atoms. The Morgan fingerprint density at radius 3 is 2.31 bits per heavy atom. The molecule has 3 heteroatoms. The Bertz CT molecular complexity index is 179. The number of ether oxygens (including phenoxy) is 1. The second kappa shape index (κ2) is 3.56. The third kappa shape index (κ3) is 2.22. The lowest BCUT2D eigenvalue weighted by Crippen LogP contribution is -2.51. The van der Waals surface area contributed by atoms with Gasteiger partial charge >= 0.3 is 0 Å². The predicted molar refractivity (Wildman–Crippen MR) is 50.5 cm³/mol. The van der Waals surface area contributed by atoms with Crippen LogP contribution in [0.25, 0.3) is 0 Å². The first-order valence-corrected chi connectivity index (χ1v) is 4.85. The van der Waals surface area contributed by atoms with Crippen molar-refractivity contribution >= 4 is 0 Å². The second-order valence-electron chi connectivity index (χ2n) is 4.73. The molecule has 2 N–H and O–H groups in total. The van der Waals surface area contributed by atoms with E-state index < -0.39 is 5.60 Å². The summed E-state index contributed by atoms with van der Waals surface area (Å²) in [6, 6.07) is 0. The van der Waals surface area contributed by atoms with Gasteiger partial charge in [0.2, 0.25) is 0 Å². The molecule has 0 amide bonds. The van der Waals surface area contributed by atoms with E-state index in [1.54, 1.807) is 0 Å². The van der Waals surface area contributed by atoms with Crippen molar-refractivity contribution < 1.29 is 14.9 Å². The van der Waals surface area contributed by atoms with Crippen LogP contribution in [0.2, 0.25) is 0 Å². The van der Waals surface area contributed by atoms with E-state index in [1.807, 2.05) is 20.8 Å².